The number of hydrogen-bond acceptors (Lipinski definition) is 4. The molecule has 1 aliphatic heterocycles. The fourth-order valence-corrected chi connectivity index (χ4v) is 3.72. The van der Waals surface area contributed by atoms with Crippen LogP contribution in [0.4, 0.5) is 0 Å². The topological polar surface area (TPSA) is 69.1 Å². The lowest BCUT2D eigenvalue weighted by Crippen LogP contribution is -2.48. The third-order valence-electron chi connectivity index (χ3n) is 5.42. The molecule has 0 radical (unpaired) electrons. The van der Waals surface area contributed by atoms with Crippen molar-refractivity contribution in [1.29, 1.82) is 0 Å². The fraction of sp³-hybridized carbons (Fsp3) is 0.458. The Bertz CT molecular complexity index is 789. The summed E-state index contributed by atoms with van der Waals surface area (Å²) in [4.78, 5) is 7.12. The van der Waals surface area contributed by atoms with Crippen LogP contribution in [0.5, 0.6) is 5.75 Å². The van der Waals surface area contributed by atoms with Crippen molar-refractivity contribution in [3.8, 4) is 5.75 Å². The van der Waals surface area contributed by atoms with Gasteiger partial charge >= 0.3 is 0 Å². The number of aliphatic hydroxyl groups excluding tert-OH is 1. The largest absolute Gasteiger partial charge is 0.497 e. The van der Waals surface area contributed by atoms with Crippen molar-refractivity contribution in [1.82, 2.24) is 15.5 Å². The number of guanidine groups is 1. The second-order valence-corrected chi connectivity index (χ2v) is 7.69. The highest BCUT2D eigenvalue weighted by Gasteiger charge is 2.20. The van der Waals surface area contributed by atoms with Crippen molar-refractivity contribution >= 4 is 5.96 Å². The van der Waals surface area contributed by atoms with Crippen LogP contribution in [-0.2, 0) is 6.54 Å². The molecule has 30 heavy (non-hydrogen) atoms. The molecule has 3 rings (SSSR count). The molecule has 1 saturated heterocycles. The van der Waals surface area contributed by atoms with Crippen LogP contribution in [-0.4, -0.2) is 55.3 Å². The lowest BCUT2D eigenvalue weighted by molar-refractivity contribution is 0.186. The standard InChI is InChI=1S/C24H34N4O2/c1-3-25-24(26-17-23(29)20-10-7-11-22(16-20)30-2)27-21-12-14-28(15-13-21)18-19-8-5-4-6-9-19/h4-11,16,21,23,29H,3,12-15,17-18H2,1-2H3,(H2,25,26,27). The zero-order valence-electron chi connectivity index (χ0n) is 18.1. The summed E-state index contributed by atoms with van der Waals surface area (Å²) in [6.45, 7) is 6.28. The van der Waals surface area contributed by atoms with E-state index < -0.39 is 6.10 Å². The molecule has 1 unspecified atom stereocenters. The van der Waals surface area contributed by atoms with E-state index in [2.05, 4.69) is 57.8 Å². The van der Waals surface area contributed by atoms with E-state index in [9.17, 15) is 5.11 Å². The Morgan fingerprint density at radius 3 is 2.63 bits per heavy atom. The maximum absolute atomic E-state index is 10.5. The number of hydrogen-bond donors (Lipinski definition) is 3. The molecule has 0 spiro atoms. The van der Waals surface area contributed by atoms with E-state index in [-0.39, 0.29) is 0 Å². The average Bonchev–Trinajstić information content (AvgIpc) is 2.79. The average molecular weight is 411 g/mol. The van der Waals surface area contributed by atoms with Gasteiger partial charge in [-0.15, -0.1) is 0 Å². The van der Waals surface area contributed by atoms with Crippen molar-refractivity contribution in [3.63, 3.8) is 0 Å². The molecule has 0 saturated carbocycles. The monoisotopic (exact) mass is 410 g/mol. The number of nitrogens with one attached hydrogen (secondary N) is 2. The lowest BCUT2D eigenvalue weighted by atomic mass is 10.0. The van der Waals surface area contributed by atoms with Crippen LogP contribution < -0.4 is 15.4 Å². The van der Waals surface area contributed by atoms with Crippen LogP contribution in [0.3, 0.4) is 0 Å². The zero-order valence-corrected chi connectivity index (χ0v) is 18.1. The van der Waals surface area contributed by atoms with Crippen molar-refractivity contribution in [3.05, 3.63) is 65.7 Å². The van der Waals surface area contributed by atoms with Crippen LogP contribution in [0.15, 0.2) is 59.6 Å². The number of likely N-dealkylation sites (tertiary alicyclic amines) is 1. The fourth-order valence-electron chi connectivity index (χ4n) is 3.72. The Balaban J connectivity index is 1.50. The van der Waals surface area contributed by atoms with E-state index in [1.54, 1.807) is 7.11 Å². The Labute approximate surface area is 180 Å². The number of aliphatic hydroxyl groups is 1. The minimum Gasteiger partial charge on any atom is -0.497 e. The maximum Gasteiger partial charge on any atom is 0.191 e. The third kappa shape index (κ3) is 6.75. The minimum absolute atomic E-state index is 0.301. The van der Waals surface area contributed by atoms with Gasteiger partial charge in [0, 0.05) is 32.2 Å². The van der Waals surface area contributed by atoms with E-state index >= 15 is 0 Å². The van der Waals surface area contributed by atoms with E-state index in [0.717, 1.165) is 56.3 Å². The second kappa shape index (κ2) is 11.6. The summed E-state index contributed by atoms with van der Waals surface area (Å²) in [5.74, 6) is 1.50. The molecule has 0 aromatic heterocycles. The van der Waals surface area contributed by atoms with Crippen LogP contribution >= 0.6 is 0 Å². The van der Waals surface area contributed by atoms with Gasteiger partial charge in [0.25, 0.3) is 0 Å². The van der Waals surface area contributed by atoms with Gasteiger partial charge in [0.15, 0.2) is 5.96 Å². The Hall–Kier alpha value is -2.57. The van der Waals surface area contributed by atoms with Gasteiger partial charge in [-0.2, -0.15) is 0 Å². The molecule has 0 aliphatic carbocycles. The van der Waals surface area contributed by atoms with Crippen LogP contribution in [0, 0.1) is 0 Å². The summed E-state index contributed by atoms with van der Waals surface area (Å²) in [6, 6.07) is 18.5. The summed E-state index contributed by atoms with van der Waals surface area (Å²) in [7, 11) is 1.63. The van der Waals surface area contributed by atoms with Crippen LogP contribution in [0.25, 0.3) is 0 Å². The van der Waals surface area contributed by atoms with Crippen LogP contribution in [0.1, 0.15) is 37.0 Å². The summed E-state index contributed by atoms with van der Waals surface area (Å²) >= 11 is 0. The molecule has 162 valence electrons. The molecule has 1 aliphatic rings. The number of rotatable bonds is 8. The molecule has 2 aromatic carbocycles. The molecule has 0 amide bonds. The number of ether oxygens (including phenoxy) is 1. The molecule has 1 fully saturated rings. The Morgan fingerprint density at radius 1 is 1.17 bits per heavy atom. The first-order valence-electron chi connectivity index (χ1n) is 10.8. The van der Waals surface area contributed by atoms with E-state index in [1.165, 1.54) is 5.56 Å². The summed E-state index contributed by atoms with van der Waals surface area (Å²) < 4.78 is 5.24. The van der Waals surface area contributed by atoms with Crippen molar-refractivity contribution in [2.75, 3.05) is 33.3 Å². The van der Waals surface area contributed by atoms with Gasteiger partial charge in [-0.05, 0) is 43.0 Å². The third-order valence-corrected chi connectivity index (χ3v) is 5.42. The summed E-state index contributed by atoms with van der Waals surface area (Å²) in [5.41, 5.74) is 2.17. The van der Waals surface area contributed by atoms with Crippen molar-refractivity contribution in [2.45, 2.75) is 38.5 Å². The number of aliphatic imine (C=N–C) groups is 1. The van der Waals surface area contributed by atoms with Crippen molar-refractivity contribution < 1.29 is 9.84 Å². The first-order chi connectivity index (χ1) is 14.7. The van der Waals surface area contributed by atoms with E-state index in [1.807, 2.05) is 24.3 Å². The Kier molecular flexibility index (Phi) is 8.53. The van der Waals surface area contributed by atoms with Crippen LogP contribution in [0.2, 0.25) is 0 Å². The summed E-state index contributed by atoms with van der Waals surface area (Å²) in [6.07, 6.45) is 1.49. The van der Waals surface area contributed by atoms with Gasteiger partial charge < -0.3 is 20.5 Å². The molecule has 1 heterocycles. The first-order valence-corrected chi connectivity index (χ1v) is 10.8. The molecular weight excluding hydrogens is 376 g/mol. The normalized spacial score (nSPS) is 16.8. The molecule has 2 aromatic rings. The van der Waals surface area contributed by atoms with Gasteiger partial charge in [-0.1, -0.05) is 42.5 Å². The zero-order chi connectivity index (χ0) is 21.2. The quantitative estimate of drug-likeness (QED) is 0.461. The molecular formula is C24H34N4O2. The molecule has 3 N–H and O–H groups in total. The van der Waals surface area contributed by atoms with Gasteiger partial charge in [-0.25, -0.2) is 0 Å². The molecule has 0 bridgehead atoms. The highest BCUT2D eigenvalue weighted by atomic mass is 16.5. The maximum atomic E-state index is 10.5. The Morgan fingerprint density at radius 2 is 1.93 bits per heavy atom. The molecule has 6 heteroatoms. The number of nitrogens with zero attached hydrogens (tertiary/aromatic N) is 2. The van der Waals surface area contributed by atoms with Gasteiger partial charge in [-0.3, -0.25) is 9.89 Å². The van der Waals surface area contributed by atoms with Gasteiger partial charge in [0.2, 0.25) is 0 Å². The van der Waals surface area contributed by atoms with E-state index in [4.69, 9.17) is 4.74 Å². The predicted molar refractivity (Wildman–Crippen MR) is 122 cm³/mol. The second-order valence-electron chi connectivity index (χ2n) is 7.69. The SMILES string of the molecule is CCNC(=NCC(O)c1cccc(OC)c1)NC1CCN(Cc2ccccc2)CC1. The van der Waals surface area contributed by atoms with Crippen molar-refractivity contribution in [2.24, 2.45) is 4.99 Å². The minimum atomic E-state index is -0.664. The highest BCUT2D eigenvalue weighted by Crippen LogP contribution is 2.19. The summed E-state index contributed by atoms with van der Waals surface area (Å²) in [5, 5.41) is 17.4. The van der Waals surface area contributed by atoms with Gasteiger partial charge in [0.05, 0.1) is 19.8 Å². The smallest absolute Gasteiger partial charge is 0.191 e. The number of methoxy groups -OCH3 is 1. The highest BCUT2D eigenvalue weighted by molar-refractivity contribution is 5.80. The van der Waals surface area contributed by atoms with E-state index in [0.29, 0.717) is 12.6 Å². The lowest BCUT2D eigenvalue weighted by Gasteiger charge is -2.33. The number of piperidine rings is 1. The van der Waals surface area contributed by atoms with Gasteiger partial charge in [0.1, 0.15) is 5.75 Å². The molecule has 1 atom stereocenters. The first kappa shape index (κ1) is 22.1. The predicted octanol–water partition coefficient (Wildman–Crippen LogP) is 2.95. The molecule has 6 nitrogen and oxygen atoms in total. The number of benzene rings is 2.